The Hall–Kier alpha value is -1.58. The van der Waals surface area contributed by atoms with E-state index in [2.05, 4.69) is 0 Å². The molecule has 0 aromatic heterocycles. The standard InChI is InChI=1S/C11H13FN2O/c1-14(8-3-4-8)11(15)9-5-2-7(13)6-10(9)12/h2,5-6,8H,3-4,13H2,1H3. The van der Waals surface area contributed by atoms with Crippen LogP contribution in [0.25, 0.3) is 0 Å². The van der Waals surface area contributed by atoms with Crippen molar-refractivity contribution in [2.75, 3.05) is 12.8 Å². The fourth-order valence-corrected chi connectivity index (χ4v) is 1.52. The molecule has 0 atom stereocenters. The minimum Gasteiger partial charge on any atom is -0.399 e. The van der Waals surface area contributed by atoms with Gasteiger partial charge >= 0.3 is 0 Å². The van der Waals surface area contributed by atoms with Crippen LogP contribution in [-0.2, 0) is 0 Å². The molecule has 4 heteroatoms. The van der Waals surface area contributed by atoms with E-state index in [9.17, 15) is 9.18 Å². The van der Waals surface area contributed by atoms with Gasteiger partial charge in [0, 0.05) is 18.8 Å². The van der Waals surface area contributed by atoms with Gasteiger partial charge in [-0.1, -0.05) is 0 Å². The van der Waals surface area contributed by atoms with E-state index in [0.717, 1.165) is 12.8 Å². The quantitative estimate of drug-likeness (QED) is 0.751. The van der Waals surface area contributed by atoms with Crippen molar-refractivity contribution in [1.82, 2.24) is 4.90 Å². The SMILES string of the molecule is CN(C(=O)c1ccc(N)cc1F)C1CC1. The highest BCUT2D eigenvalue weighted by Gasteiger charge is 2.30. The zero-order chi connectivity index (χ0) is 11.0. The van der Waals surface area contributed by atoms with E-state index in [4.69, 9.17) is 5.73 Å². The molecule has 1 aliphatic carbocycles. The van der Waals surface area contributed by atoms with Crippen molar-refractivity contribution < 1.29 is 9.18 Å². The number of nitrogen functional groups attached to an aromatic ring is 1. The maximum absolute atomic E-state index is 13.4. The maximum atomic E-state index is 13.4. The van der Waals surface area contributed by atoms with Gasteiger partial charge in [-0.15, -0.1) is 0 Å². The Morgan fingerprint density at radius 3 is 2.73 bits per heavy atom. The smallest absolute Gasteiger partial charge is 0.256 e. The number of nitrogens with zero attached hydrogens (tertiary/aromatic N) is 1. The number of nitrogens with two attached hydrogens (primary N) is 1. The van der Waals surface area contributed by atoms with E-state index in [1.807, 2.05) is 0 Å². The molecular weight excluding hydrogens is 195 g/mol. The number of halogens is 1. The number of rotatable bonds is 2. The Balaban J connectivity index is 2.24. The van der Waals surface area contributed by atoms with Gasteiger partial charge in [0.05, 0.1) is 5.56 Å². The van der Waals surface area contributed by atoms with Gasteiger partial charge in [-0.25, -0.2) is 4.39 Å². The third kappa shape index (κ3) is 1.93. The predicted molar refractivity (Wildman–Crippen MR) is 55.9 cm³/mol. The Bertz CT molecular complexity index is 402. The molecule has 1 saturated carbocycles. The van der Waals surface area contributed by atoms with Gasteiger partial charge in [-0.3, -0.25) is 4.79 Å². The molecule has 1 aromatic carbocycles. The highest BCUT2D eigenvalue weighted by Crippen LogP contribution is 2.27. The van der Waals surface area contributed by atoms with Crippen molar-refractivity contribution in [3.05, 3.63) is 29.6 Å². The van der Waals surface area contributed by atoms with Gasteiger partial charge in [0.1, 0.15) is 5.82 Å². The first kappa shape index (κ1) is 9.96. The van der Waals surface area contributed by atoms with Crippen LogP contribution in [0.5, 0.6) is 0 Å². The van der Waals surface area contributed by atoms with Gasteiger partial charge < -0.3 is 10.6 Å². The van der Waals surface area contributed by atoms with Crippen molar-refractivity contribution in [1.29, 1.82) is 0 Å². The van der Waals surface area contributed by atoms with Gasteiger partial charge in [-0.2, -0.15) is 0 Å². The molecule has 15 heavy (non-hydrogen) atoms. The molecule has 0 unspecified atom stereocenters. The Morgan fingerprint density at radius 1 is 1.53 bits per heavy atom. The number of benzene rings is 1. The second-order valence-electron chi connectivity index (χ2n) is 3.89. The molecule has 1 aliphatic rings. The second-order valence-corrected chi connectivity index (χ2v) is 3.89. The number of hydrogen-bond acceptors (Lipinski definition) is 2. The fourth-order valence-electron chi connectivity index (χ4n) is 1.52. The van der Waals surface area contributed by atoms with Gasteiger partial charge in [-0.05, 0) is 31.0 Å². The van der Waals surface area contributed by atoms with Crippen LogP contribution in [0.1, 0.15) is 23.2 Å². The summed E-state index contributed by atoms with van der Waals surface area (Å²) in [6, 6.07) is 4.44. The molecule has 1 amide bonds. The number of anilines is 1. The van der Waals surface area contributed by atoms with Crippen LogP contribution in [0, 0.1) is 5.82 Å². The summed E-state index contributed by atoms with van der Waals surface area (Å²) in [6.45, 7) is 0. The Kier molecular flexibility index (Phi) is 2.34. The molecule has 0 radical (unpaired) electrons. The average molecular weight is 208 g/mol. The lowest BCUT2D eigenvalue weighted by atomic mass is 10.1. The van der Waals surface area contributed by atoms with Crippen molar-refractivity contribution in [2.45, 2.75) is 18.9 Å². The second kappa shape index (κ2) is 3.53. The van der Waals surface area contributed by atoms with Crippen molar-refractivity contribution in [3.63, 3.8) is 0 Å². The summed E-state index contributed by atoms with van der Waals surface area (Å²) in [5.74, 6) is -0.817. The molecule has 80 valence electrons. The van der Waals surface area contributed by atoms with Crippen LogP contribution in [0.3, 0.4) is 0 Å². The molecule has 0 spiro atoms. The monoisotopic (exact) mass is 208 g/mol. The van der Waals surface area contributed by atoms with E-state index >= 15 is 0 Å². The molecule has 0 aliphatic heterocycles. The average Bonchev–Trinajstić information content (AvgIpc) is 2.99. The molecule has 1 aromatic rings. The molecule has 1 fully saturated rings. The lowest BCUT2D eigenvalue weighted by Gasteiger charge is -2.16. The van der Waals surface area contributed by atoms with Crippen molar-refractivity contribution in [3.8, 4) is 0 Å². The summed E-state index contributed by atoms with van der Waals surface area (Å²) in [7, 11) is 1.70. The summed E-state index contributed by atoms with van der Waals surface area (Å²) in [5, 5.41) is 0. The molecule has 0 heterocycles. The Morgan fingerprint density at radius 2 is 2.20 bits per heavy atom. The Labute approximate surface area is 87.7 Å². The van der Waals surface area contributed by atoms with E-state index in [1.165, 1.54) is 18.2 Å². The van der Waals surface area contributed by atoms with Crippen molar-refractivity contribution >= 4 is 11.6 Å². The predicted octanol–water partition coefficient (Wildman–Crippen LogP) is 1.64. The number of carbonyl (C=O) groups excluding carboxylic acids is 1. The lowest BCUT2D eigenvalue weighted by Crippen LogP contribution is -2.29. The fraction of sp³-hybridized carbons (Fsp3) is 0.364. The summed E-state index contributed by atoms with van der Waals surface area (Å²) in [5.41, 5.74) is 5.84. The normalized spacial score (nSPS) is 15.1. The molecule has 2 N–H and O–H groups in total. The minimum atomic E-state index is -0.549. The first-order valence-corrected chi connectivity index (χ1v) is 4.92. The minimum absolute atomic E-state index is 0.0959. The molecule has 0 bridgehead atoms. The van der Waals surface area contributed by atoms with E-state index in [1.54, 1.807) is 11.9 Å². The molecular formula is C11H13FN2O. The number of hydrogen-bond donors (Lipinski definition) is 1. The molecule has 0 saturated heterocycles. The molecule has 3 nitrogen and oxygen atoms in total. The van der Waals surface area contributed by atoms with E-state index < -0.39 is 5.82 Å². The zero-order valence-corrected chi connectivity index (χ0v) is 8.53. The van der Waals surface area contributed by atoms with E-state index in [-0.39, 0.29) is 17.5 Å². The first-order valence-electron chi connectivity index (χ1n) is 4.92. The van der Waals surface area contributed by atoms with Crippen molar-refractivity contribution in [2.24, 2.45) is 0 Å². The van der Waals surface area contributed by atoms with Crippen LogP contribution in [0.2, 0.25) is 0 Å². The third-order valence-corrected chi connectivity index (χ3v) is 2.64. The summed E-state index contributed by atoms with van der Waals surface area (Å²) < 4.78 is 13.4. The maximum Gasteiger partial charge on any atom is 0.256 e. The zero-order valence-electron chi connectivity index (χ0n) is 8.53. The summed E-state index contributed by atoms with van der Waals surface area (Å²) >= 11 is 0. The highest BCUT2D eigenvalue weighted by molar-refractivity contribution is 5.95. The van der Waals surface area contributed by atoms with Gasteiger partial charge in [0.25, 0.3) is 5.91 Å². The van der Waals surface area contributed by atoms with E-state index in [0.29, 0.717) is 5.69 Å². The summed E-state index contributed by atoms with van der Waals surface area (Å²) in [4.78, 5) is 13.4. The lowest BCUT2D eigenvalue weighted by molar-refractivity contribution is 0.0780. The van der Waals surface area contributed by atoms with Crippen LogP contribution < -0.4 is 5.73 Å². The highest BCUT2D eigenvalue weighted by atomic mass is 19.1. The van der Waals surface area contributed by atoms with Crippen LogP contribution in [-0.4, -0.2) is 23.9 Å². The number of carbonyl (C=O) groups is 1. The van der Waals surface area contributed by atoms with Crippen LogP contribution >= 0.6 is 0 Å². The first-order chi connectivity index (χ1) is 7.09. The van der Waals surface area contributed by atoms with Gasteiger partial charge in [0.15, 0.2) is 0 Å². The van der Waals surface area contributed by atoms with Crippen LogP contribution in [0.15, 0.2) is 18.2 Å². The largest absolute Gasteiger partial charge is 0.399 e. The topological polar surface area (TPSA) is 46.3 Å². The summed E-state index contributed by atoms with van der Waals surface area (Å²) in [6.07, 6.45) is 2.03. The molecule has 2 rings (SSSR count). The van der Waals surface area contributed by atoms with Crippen LogP contribution in [0.4, 0.5) is 10.1 Å². The van der Waals surface area contributed by atoms with Gasteiger partial charge in [0.2, 0.25) is 0 Å². The number of amides is 1. The third-order valence-electron chi connectivity index (χ3n) is 2.64.